The average molecular weight is 437 g/mol. The van der Waals surface area contributed by atoms with Gasteiger partial charge in [-0.2, -0.15) is 5.10 Å². The van der Waals surface area contributed by atoms with Crippen molar-refractivity contribution in [3.05, 3.63) is 48.3 Å². The van der Waals surface area contributed by atoms with Crippen LogP contribution in [0.15, 0.2) is 42.5 Å². The molecule has 0 unspecified atom stereocenters. The molecule has 2 saturated heterocycles. The van der Waals surface area contributed by atoms with Gasteiger partial charge < -0.3 is 14.5 Å². The summed E-state index contributed by atoms with van der Waals surface area (Å²) in [4.78, 5) is 31.3. The zero-order chi connectivity index (χ0) is 22.2. The number of hydrogen-bond acceptors (Lipinski definition) is 5. The quantitative estimate of drug-likeness (QED) is 0.678. The Morgan fingerprint density at radius 1 is 1.12 bits per heavy atom. The number of ether oxygens (including phenoxy) is 1. The van der Waals surface area contributed by atoms with Gasteiger partial charge in [-0.3, -0.25) is 19.6 Å². The maximum atomic E-state index is 14.3. The zero-order valence-electron chi connectivity index (χ0n) is 17.8. The Morgan fingerprint density at radius 3 is 2.59 bits per heavy atom. The maximum Gasteiger partial charge on any atom is 0.229 e. The minimum Gasteiger partial charge on any atom is -0.497 e. The molecule has 166 valence electrons. The van der Waals surface area contributed by atoms with Crippen LogP contribution in [0.2, 0.25) is 0 Å². The van der Waals surface area contributed by atoms with Crippen LogP contribution in [0.4, 0.5) is 15.9 Å². The van der Waals surface area contributed by atoms with E-state index in [2.05, 4.69) is 15.1 Å². The lowest BCUT2D eigenvalue weighted by molar-refractivity contribution is -0.136. The summed E-state index contributed by atoms with van der Waals surface area (Å²) in [5.74, 6) is -0.0743. The standard InChI is InChI=1S/C23H24FN5O3/c1-32-17-7-5-16(6-8-17)27-9-11-28(12-10-27)23(31)15-13-20(30)29(14-15)22-21-18(24)3-2-4-19(21)25-26-22/h2-8,15H,9-14H2,1H3,(H,25,26)/t15-/m1/s1. The molecule has 1 aromatic heterocycles. The first-order valence-corrected chi connectivity index (χ1v) is 10.7. The van der Waals surface area contributed by atoms with E-state index in [9.17, 15) is 14.0 Å². The average Bonchev–Trinajstić information content (AvgIpc) is 3.43. The molecule has 2 amide bonds. The number of anilines is 2. The number of carbonyl (C=O) groups is 2. The van der Waals surface area contributed by atoms with E-state index in [-0.39, 0.29) is 36.0 Å². The second-order valence-electron chi connectivity index (χ2n) is 8.13. The molecular formula is C23H24FN5O3. The molecule has 2 aliphatic heterocycles. The molecular weight excluding hydrogens is 413 g/mol. The van der Waals surface area contributed by atoms with Crippen LogP contribution in [0.3, 0.4) is 0 Å². The van der Waals surface area contributed by atoms with Gasteiger partial charge in [0.1, 0.15) is 11.6 Å². The molecule has 1 atom stereocenters. The second-order valence-corrected chi connectivity index (χ2v) is 8.13. The Morgan fingerprint density at radius 2 is 1.88 bits per heavy atom. The lowest BCUT2D eigenvalue weighted by Gasteiger charge is -2.37. The zero-order valence-corrected chi connectivity index (χ0v) is 17.8. The fraction of sp³-hybridized carbons (Fsp3) is 0.348. The lowest BCUT2D eigenvalue weighted by atomic mass is 10.1. The molecule has 5 rings (SSSR count). The number of rotatable bonds is 4. The fourth-order valence-corrected chi connectivity index (χ4v) is 4.52. The third-order valence-corrected chi connectivity index (χ3v) is 6.28. The number of H-pyrrole nitrogens is 1. The first-order valence-electron chi connectivity index (χ1n) is 10.7. The van der Waals surface area contributed by atoms with Gasteiger partial charge in [-0.1, -0.05) is 6.07 Å². The Kier molecular flexibility index (Phi) is 5.16. The van der Waals surface area contributed by atoms with Gasteiger partial charge in [-0.25, -0.2) is 4.39 Å². The number of methoxy groups -OCH3 is 1. The molecule has 3 aromatic rings. The number of fused-ring (bicyclic) bond motifs is 1. The van der Waals surface area contributed by atoms with Gasteiger partial charge in [-0.15, -0.1) is 0 Å². The molecule has 32 heavy (non-hydrogen) atoms. The Labute approximate surface area is 184 Å². The largest absolute Gasteiger partial charge is 0.497 e. The molecule has 3 heterocycles. The summed E-state index contributed by atoms with van der Waals surface area (Å²) in [6, 6.07) is 12.5. The third-order valence-electron chi connectivity index (χ3n) is 6.28. The van der Waals surface area contributed by atoms with Crippen LogP contribution in [0.5, 0.6) is 5.75 Å². The van der Waals surface area contributed by atoms with Crippen molar-refractivity contribution in [1.29, 1.82) is 0 Å². The van der Waals surface area contributed by atoms with E-state index < -0.39 is 11.7 Å². The Bertz CT molecular complexity index is 1150. The molecule has 8 nitrogen and oxygen atoms in total. The van der Waals surface area contributed by atoms with Crippen LogP contribution in [0.25, 0.3) is 10.9 Å². The van der Waals surface area contributed by atoms with Crippen LogP contribution in [-0.4, -0.2) is 66.7 Å². The van der Waals surface area contributed by atoms with Crippen molar-refractivity contribution in [1.82, 2.24) is 15.1 Å². The van der Waals surface area contributed by atoms with Gasteiger partial charge >= 0.3 is 0 Å². The number of aromatic nitrogens is 2. The number of halogens is 1. The lowest BCUT2D eigenvalue weighted by Crippen LogP contribution is -2.50. The number of piperazine rings is 1. The predicted molar refractivity (Wildman–Crippen MR) is 118 cm³/mol. The van der Waals surface area contributed by atoms with Crippen LogP contribution < -0.4 is 14.5 Å². The molecule has 0 spiro atoms. The minimum absolute atomic E-state index is 0.0319. The number of hydrogen-bond donors (Lipinski definition) is 1. The fourth-order valence-electron chi connectivity index (χ4n) is 4.52. The van der Waals surface area contributed by atoms with Crippen molar-refractivity contribution < 1.29 is 18.7 Å². The molecule has 9 heteroatoms. The molecule has 2 fully saturated rings. The van der Waals surface area contributed by atoms with E-state index in [1.54, 1.807) is 19.2 Å². The molecule has 0 aliphatic carbocycles. The van der Waals surface area contributed by atoms with Crippen molar-refractivity contribution in [2.45, 2.75) is 6.42 Å². The van der Waals surface area contributed by atoms with E-state index in [0.717, 1.165) is 24.5 Å². The van der Waals surface area contributed by atoms with E-state index in [1.165, 1.54) is 11.0 Å². The van der Waals surface area contributed by atoms with Crippen molar-refractivity contribution in [3.63, 3.8) is 0 Å². The topological polar surface area (TPSA) is 81.8 Å². The minimum atomic E-state index is -0.450. The number of aromatic amines is 1. The van der Waals surface area contributed by atoms with E-state index >= 15 is 0 Å². The first kappa shape index (κ1) is 20.3. The summed E-state index contributed by atoms with van der Waals surface area (Å²) >= 11 is 0. The molecule has 1 N–H and O–H groups in total. The van der Waals surface area contributed by atoms with E-state index in [4.69, 9.17) is 4.74 Å². The van der Waals surface area contributed by atoms with Gasteiger partial charge in [0.25, 0.3) is 0 Å². The summed E-state index contributed by atoms with van der Waals surface area (Å²) in [6.07, 6.45) is 0.111. The van der Waals surface area contributed by atoms with Crippen molar-refractivity contribution in [3.8, 4) is 5.75 Å². The van der Waals surface area contributed by atoms with Gasteiger partial charge in [-0.05, 0) is 36.4 Å². The van der Waals surface area contributed by atoms with Crippen LogP contribution >= 0.6 is 0 Å². The second kappa shape index (κ2) is 8.14. The van der Waals surface area contributed by atoms with E-state index in [1.807, 2.05) is 29.2 Å². The number of nitrogens with zero attached hydrogens (tertiary/aromatic N) is 4. The summed E-state index contributed by atoms with van der Waals surface area (Å²) < 4.78 is 19.5. The highest BCUT2D eigenvalue weighted by Crippen LogP contribution is 2.32. The summed E-state index contributed by atoms with van der Waals surface area (Å²) in [7, 11) is 1.64. The van der Waals surface area contributed by atoms with Crippen molar-refractivity contribution in [2.75, 3.05) is 49.6 Å². The molecule has 2 aliphatic rings. The SMILES string of the molecule is COc1ccc(N2CCN(C(=O)[C@@H]3CC(=O)N(c4n[nH]c5cccc(F)c45)C3)CC2)cc1. The van der Waals surface area contributed by atoms with Gasteiger partial charge in [0.15, 0.2) is 5.82 Å². The summed E-state index contributed by atoms with van der Waals surface area (Å²) in [6.45, 7) is 2.84. The Balaban J connectivity index is 1.24. The van der Waals surface area contributed by atoms with Crippen LogP contribution in [0.1, 0.15) is 6.42 Å². The van der Waals surface area contributed by atoms with Gasteiger partial charge in [0, 0.05) is 44.8 Å². The van der Waals surface area contributed by atoms with E-state index in [0.29, 0.717) is 18.6 Å². The van der Waals surface area contributed by atoms with Gasteiger partial charge in [0.2, 0.25) is 11.8 Å². The normalized spacial score (nSPS) is 19.1. The van der Waals surface area contributed by atoms with Crippen LogP contribution in [0, 0.1) is 11.7 Å². The summed E-state index contributed by atoms with van der Waals surface area (Å²) in [5.41, 5.74) is 1.62. The highest BCUT2D eigenvalue weighted by molar-refractivity contribution is 6.05. The van der Waals surface area contributed by atoms with Crippen molar-refractivity contribution >= 4 is 34.2 Å². The molecule has 0 radical (unpaired) electrons. The Hall–Kier alpha value is -3.62. The number of nitrogens with one attached hydrogen (secondary N) is 1. The summed E-state index contributed by atoms with van der Waals surface area (Å²) in [5, 5.41) is 7.20. The highest BCUT2D eigenvalue weighted by atomic mass is 19.1. The number of carbonyl (C=O) groups excluding carboxylic acids is 2. The smallest absolute Gasteiger partial charge is 0.229 e. The molecule has 0 saturated carbocycles. The molecule has 0 bridgehead atoms. The van der Waals surface area contributed by atoms with Crippen LogP contribution in [-0.2, 0) is 9.59 Å². The number of amides is 2. The third kappa shape index (κ3) is 3.53. The van der Waals surface area contributed by atoms with Crippen molar-refractivity contribution in [2.24, 2.45) is 5.92 Å². The monoisotopic (exact) mass is 437 g/mol. The maximum absolute atomic E-state index is 14.3. The molecule has 2 aromatic carbocycles. The van der Waals surface area contributed by atoms with Gasteiger partial charge in [0.05, 0.1) is 23.9 Å². The predicted octanol–water partition coefficient (Wildman–Crippen LogP) is 2.41. The number of benzene rings is 2. The first-order chi connectivity index (χ1) is 15.5. The highest BCUT2D eigenvalue weighted by Gasteiger charge is 2.39.